The summed E-state index contributed by atoms with van der Waals surface area (Å²) >= 11 is 7.42. The first-order valence-corrected chi connectivity index (χ1v) is 11.7. The van der Waals surface area contributed by atoms with Gasteiger partial charge >= 0.3 is 6.03 Å². The Bertz CT molecular complexity index is 1150. The van der Waals surface area contributed by atoms with E-state index in [9.17, 15) is 9.59 Å². The highest BCUT2D eigenvalue weighted by molar-refractivity contribution is 7.13. The second-order valence-corrected chi connectivity index (χ2v) is 9.22. The van der Waals surface area contributed by atoms with Crippen LogP contribution in [-0.2, 0) is 0 Å². The number of amides is 3. The van der Waals surface area contributed by atoms with Gasteiger partial charge in [0, 0.05) is 35.4 Å². The SMILES string of the molecule is COc1ccc(NC(=O)c2nnc(C3CCCN(C(=O)Nc4ccc(C)c(Cl)c4)C3)s2)cc1. The quantitative estimate of drug-likeness (QED) is 0.519. The average Bonchev–Trinajstić information content (AvgIpc) is 3.33. The van der Waals surface area contributed by atoms with Crippen LogP contribution in [0.3, 0.4) is 0 Å². The fourth-order valence-corrected chi connectivity index (χ4v) is 4.63. The molecule has 1 aliphatic heterocycles. The lowest BCUT2D eigenvalue weighted by Gasteiger charge is -2.31. The van der Waals surface area contributed by atoms with Crippen molar-refractivity contribution < 1.29 is 14.3 Å². The monoisotopic (exact) mass is 485 g/mol. The number of anilines is 2. The number of aromatic nitrogens is 2. The first-order valence-electron chi connectivity index (χ1n) is 10.5. The molecule has 1 atom stereocenters. The molecule has 10 heteroatoms. The number of piperidine rings is 1. The Morgan fingerprint density at radius 1 is 1.12 bits per heavy atom. The van der Waals surface area contributed by atoms with Crippen LogP contribution in [-0.4, -0.2) is 47.2 Å². The van der Waals surface area contributed by atoms with Crippen LogP contribution in [0.5, 0.6) is 5.75 Å². The van der Waals surface area contributed by atoms with E-state index in [0.717, 1.165) is 23.4 Å². The molecule has 0 aliphatic carbocycles. The number of nitrogens with zero attached hydrogens (tertiary/aromatic N) is 3. The molecule has 33 heavy (non-hydrogen) atoms. The van der Waals surface area contributed by atoms with Gasteiger partial charge in [0.15, 0.2) is 0 Å². The number of aryl methyl sites for hydroxylation is 1. The molecule has 4 rings (SSSR count). The Labute approximate surface area is 200 Å². The van der Waals surface area contributed by atoms with Crippen LogP contribution in [0.1, 0.15) is 39.1 Å². The second-order valence-electron chi connectivity index (χ2n) is 7.81. The minimum absolute atomic E-state index is 0.0335. The number of hydrogen-bond acceptors (Lipinski definition) is 6. The highest BCUT2D eigenvalue weighted by atomic mass is 35.5. The van der Waals surface area contributed by atoms with Gasteiger partial charge in [0.2, 0.25) is 5.01 Å². The maximum atomic E-state index is 12.8. The summed E-state index contributed by atoms with van der Waals surface area (Å²) in [6.45, 7) is 3.09. The molecular weight excluding hydrogens is 462 g/mol. The lowest BCUT2D eigenvalue weighted by Crippen LogP contribution is -2.41. The van der Waals surface area contributed by atoms with Gasteiger partial charge in [-0.25, -0.2) is 4.79 Å². The number of rotatable bonds is 5. The number of urea groups is 1. The molecule has 0 radical (unpaired) electrons. The summed E-state index contributed by atoms with van der Waals surface area (Å²) in [6.07, 6.45) is 1.73. The molecule has 0 saturated carbocycles. The van der Waals surface area contributed by atoms with Crippen molar-refractivity contribution in [3.8, 4) is 5.75 Å². The van der Waals surface area contributed by atoms with Gasteiger partial charge in [-0.1, -0.05) is 29.0 Å². The van der Waals surface area contributed by atoms with Crippen LogP contribution in [0.2, 0.25) is 5.02 Å². The summed E-state index contributed by atoms with van der Waals surface area (Å²) in [5.41, 5.74) is 2.26. The molecule has 2 N–H and O–H groups in total. The number of halogens is 1. The smallest absolute Gasteiger partial charge is 0.321 e. The van der Waals surface area contributed by atoms with Gasteiger partial charge in [-0.2, -0.15) is 0 Å². The van der Waals surface area contributed by atoms with Gasteiger partial charge in [-0.15, -0.1) is 10.2 Å². The van der Waals surface area contributed by atoms with E-state index >= 15 is 0 Å². The molecule has 0 bridgehead atoms. The van der Waals surface area contributed by atoms with E-state index in [4.69, 9.17) is 16.3 Å². The van der Waals surface area contributed by atoms with Crippen LogP contribution in [0.25, 0.3) is 0 Å². The molecule has 1 unspecified atom stereocenters. The summed E-state index contributed by atoms with van der Waals surface area (Å²) in [5.74, 6) is 0.430. The standard InChI is InChI=1S/C23H24ClN5O3S/c1-14-5-6-17(12-19(14)24)26-23(31)29-11-3-4-15(13-29)21-27-28-22(33-21)20(30)25-16-7-9-18(32-2)10-8-16/h5-10,12,15H,3-4,11,13H2,1-2H3,(H,25,30)(H,26,31). The molecule has 1 fully saturated rings. The molecule has 0 spiro atoms. The summed E-state index contributed by atoms with van der Waals surface area (Å²) < 4.78 is 5.13. The normalized spacial score (nSPS) is 15.7. The molecular formula is C23H24ClN5O3S. The van der Waals surface area contributed by atoms with Crippen LogP contribution in [0.4, 0.5) is 16.2 Å². The van der Waals surface area contributed by atoms with Gasteiger partial charge in [-0.3, -0.25) is 4.79 Å². The van der Waals surface area contributed by atoms with Crippen molar-refractivity contribution in [1.29, 1.82) is 0 Å². The highest BCUT2D eigenvalue weighted by Gasteiger charge is 2.28. The van der Waals surface area contributed by atoms with Gasteiger partial charge in [0.1, 0.15) is 10.8 Å². The molecule has 172 valence electrons. The minimum atomic E-state index is -0.314. The summed E-state index contributed by atoms with van der Waals surface area (Å²) in [5, 5.41) is 15.7. The fraction of sp³-hybridized carbons (Fsp3) is 0.304. The third-order valence-corrected chi connectivity index (χ3v) is 6.96. The number of nitrogens with one attached hydrogen (secondary N) is 2. The van der Waals surface area contributed by atoms with Crippen molar-refractivity contribution in [1.82, 2.24) is 15.1 Å². The Morgan fingerprint density at radius 2 is 1.88 bits per heavy atom. The van der Waals surface area contributed by atoms with E-state index in [1.54, 1.807) is 42.3 Å². The van der Waals surface area contributed by atoms with Crippen LogP contribution < -0.4 is 15.4 Å². The van der Waals surface area contributed by atoms with Crippen molar-refractivity contribution in [3.05, 3.63) is 63.1 Å². The lowest BCUT2D eigenvalue weighted by atomic mass is 9.99. The van der Waals surface area contributed by atoms with E-state index in [1.807, 2.05) is 19.1 Å². The molecule has 8 nitrogen and oxygen atoms in total. The third kappa shape index (κ3) is 5.61. The largest absolute Gasteiger partial charge is 0.497 e. The van der Waals surface area contributed by atoms with Gasteiger partial charge in [0.25, 0.3) is 5.91 Å². The Morgan fingerprint density at radius 3 is 2.61 bits per heavy atom. The van der Waals surface area contributed by atoms with Crippen LogP contribution in [0.15, 0.2) is 42.5 Å². The molecule has 2 heterocycles. The average molecular weight is 486 g/mol. The zero-order valence-electron chi connectivity index (χ0n) is 18.3. The lowest BCUT2D eigenvalue weighted by molar-refractivity contribution is 0.102. The number of likely N-dealkylation sites (tertiary alicyclic amines) is 1. The molecule has 1 aliphatic rings. The molecule has 3 amide bonds. The van der Waals surface area contributed by atoms with Crippen LogP contribution in [0, 0.1) is 6.92 Å². The number of benzene rings is 2. The number of carbonyl (C=O) groups excluding carboxylic acids is 2. The molecule has 1 aromatic heterocycles. The fourth-order valence-electron chi connectivity index (χ4n) is 3.59. The molecule has 3 aromatic rings. The van der Waals surface area contributed by atoms with Crippen molar-refractivity contribution in [2.24, 2.45) is 0 Å². The van der Waals surface area contributed by atoms with Gasteiger partial charge in [0.05, 0.1) is 7.11 Å². The minimum Gasteiger partial charge on any atom is -0.497 e. The van der Waals surface area contributed by atoms with E-state index in [0.29, 0.717) is 35.2 Å². The topological polar surface area (TPSA) is 96.4 Å². The number of carbonyl (C=O) groups is 2. The number of methoxy groups -OCH3 is 1. The summed E-state index contributed by atoms with van der Waals surface area (Å²) in [4.78, 5) is 27.1. The maximum absolute atomic E-state index is 12.8. The van der Waals surface area contributed by atoms with E-state index in [-0.39, 0.29) is 22.9 Å². The number of ether oxygens (including phenoxy) is 1. The molecule has 2 aromatic carbocycles. The van der Waals surface area contributed by atoms with Crippen LogP contribution >= 0.6 is 22.9 Å². The zero-order chi connectivity index (χ0) is 23.4. The zero-order valence-corrected chi connectivity index (χ0v) is 19.9. The predicted molar refractivity (Wildman–Crippen MR) is 130 cm³/mol. The summed E-state index contributed by atoms with van der Waals surface area (Å²) in [7, 11) is 1.59. The van der Waals surface area contributed by atoms with E-state index < -0.39 is 0 Å². The Hall–Kier alpha value is -3.17. The Balaban J connectivity index is 1.37. The van der Waals surface area contributed by atoms with Crippen molar-refractivity contribution in [2.75, 3.05) is 30.8 Å². The van der Waals surface area contributed by atoms with Crippen molar-refractivity contribution in [2.45, 2.75) is 25.7 Å². The van der Waals surface area contributed by atoms with Crippen molar-refractivity contribution >= 4 is 46.3 Å². The number of hydrogen-bond donors (Lipinski definition) is 2. The Kier molecular flexibility index (Phi) is 7.10. The van der Waals surface area contributed by atoms with E-state index in [2.05, 4.69) is 20.8 Å². The first-order chi connectivity index (χ1) is 15.9. The molecule has 1 saturated heterocycles. The second kappa shape index (κ2) is 10.2. The van der Waals surface area contributed by atoms with Crippen molar-refractivity contribution in [3.63, 3.8) is 0 Å². The maximum Gasteiger partial charge on any atom is 0.321 e. The third-order valence-electron chi connectivity index (χ3n) is 5.46. The van der Waals surface area contributed by atoms with Gasteiger partial charge < -0.3 is 20.3 Å². The van der Waals surface area contributed by atoms with E-state index in [1.165, 1.54) is 11.3 Å². The first kappa shape index (κ1) is 23.0. The highest BCUT2D eigenvalue weighted by Crippen LogP contribution is 2.30. The van der Waals surface area contributed by atoms with Gasteiger partial charge in [-0.05, 0) is 61.7 Å². The predicted octanol–water partition coefficient (Wildman–Crippen LogP) is 5.17. The summed E-state index contributed by atoms with van der Waals surface area (Å²) in [6, 6.07) is 12.3.